The van der Waals surface area contributed by atoms with Gasteiger partial charge in [0.1, 0.15) is 12.1 Å². The van der Waals surface area contributed by atoms with E-state index in [0.29, 0.717) is 5.91 Å². The zero-order valence-electron chi connectivity index (χ0n) is 14.7. The first kappa shape index (κ1) is 16.1. The molecule has 130 valence electrons. The summed E-state index contributed by atoms with van der Waals surface area (Å²) >= 11 is 0. The molecule has 2 aromatic rings. The van der Waals surface area contributed by atoms with Crippen LogP contribution in [0.25, 0.3) is 0 Å². The van der Waals surface area contributed by atoms with Gasteiger partial charge >= 0.3 is 0 Å². The number of fused-ring (bicyclic) bond motifs is 1. The molecule has 5 nitrogen and oxygen atoms in total. The minimum Gasteiger partial charge on any atom is -0.356 e. The van der Waals surface area contributed by atoms with E-state index >= 15 is 0 Å². The van der Waals surface area contributed by atoms with Crippen molar-refractivity contribution >= 4 is 11.7 Å². The Bertz CT molecular complexity index is 776. The number of aromatic nitrogens is 2. The largest absolute Gasteiger partial charge is 0.356 e. The molecule has 0 spiro atoms. The fourth-order valence-corrected chi connectivity index (χ4v) is 3.86. The van der Waals surface area contributed by atoms with Crippen LogP contribution in [0.2, 0.25) is 0 Å². The van der Waals surface area contributed by atoms with Crippen molar-refractivity contribution in [3.05, 3.63) is 53.5 Å². The highest BCUT2D eigenvalue weighted by Crippen LogP contribution is 2.26. The third-order valence-electron chi connectivity index (χ3n) is 5.38. The Labute approximate surface area is 148 Å². The van der Waals surface area contributed by atoms with Crippen molar-refractivity contribution < 1.29 is 4.79 Å². The topological polar surface area (TPSA) is 49.3 Å². The lowest BCUT2D eigenvalue weighted by Crippen LogP contribution is -2.40. The second-order valence-electron chi connectivity index (χ2n) is 6.93. The van der Waals surface area contributed by atoms with Gasteiger partial charge < -0.3 is 9.80 Å². The number of hydrogen-bond acceptors (Lipinski definition) is 4. The lowest BCUT2D eigenvalue weighted by molar-refractivity contribution is -0.135. The predicted molar refractivity (Wildman–Crippen MR) is 97.3 cm³/mol. The zero-order chi connectivity index (χ0) is 17.2. The molecule has 1 saturated heterocycles. The van der Waals surface area contributed by atoms with E-state index in [-0.39, 0.29) is 5.92 Å². The summed E-state index contributed by atoms with van der Waals surface area (Å²) in [5.41, 5.74) is 3.72. The van der Waals surface area contributed by atoms with E-state index in [0.717, 1.165) is 57.0 Å². The van der Waals surface area contributed by atoms with Crippen molar-refractivity contribution in [1.82, 2.24) is 14.9 Å². The van der Waals surface area contributed by atoms with Gasteiger partial charge in [-0.1, -0.05) is 31.2 Å². The van der Waals surface area contributed by atoms with E-state index < -0.39 is 0 Å². The summed E-state index contributed by atoms with van der Waals surface area (Å²) in [5.74, 6) is 1.32. The first-order valence-corrected chi connectivity index (χ1v) is 9.16. The van der Waals surface area contributed by atoms with Gasteiger partial charge in [0.05, 0.1) is 5.92 Å². The van der Waals surface area contributed by atoms with E-state index in [4.69, 9.17) is 0 Å². The van der Waals surface area contributed by atoms with Crippen LogP contribution in [0.15, 0.2) is 36.7 Å². The molecule has 5 heteroatoms. The third-order valence-corrected chi connectivity index (χ3v) is 5.38. The van der Waals surface area contributed by atoms with E-state index in [9.17, 15) is 4.79 Å². The van der Waals surface area contributed by atoms with Crippen LogP contribution in [-0.2, 0) is 24.2 Å². The Balaban J connectivity index is 1.42. The summed E-state index contributed by atoms with van der Waals surface area (Å²) in [5, 5.41) is 0. The van der Waals surface area contributed by atoms with Crippen molar-refractivity contribution in [1.29, 1.82) is 0 Å². The summed E-state index contributed by atoms with van der Waals surface area (Å²) < 4.78 is 0. The van der Waals surface area contributed by atoms with Crippen LogP contribution >= 0.6 is 0 Å². The second-order valence-corrected chi connectivity index (χ2v) is 6.93. The van der Waals surface area contributed by atoms with Gasteiger partial charge in [-0.2, -0.15) is 0 Å². The van der Waals surface area contributed by atoms with Crippen LogP contribution in [0, 0.1) is 5.92 Å². The molecular weight excluding hydrogens is 312 g/mol. The zero-order valence-corrected chi connectivity index (χ0v) is 14.7. The van der Waals surface area contributed by atoms with Gasteiger partial charge in [0.15, 0.2) is 0 Å². The molecule has 0 saturated carbocycles. The van der Waals surface area contributed by atoms with E-state index in [1.807, 2.05) is 11.0 Å². The van der Waals surface area contributed by atoms with Gasteiger partial charge in [0.25, 0.3) is 0 Å². The number of carbonyl (C=O) groups is 1. The van der Waals surface area contributed by atoms with E-state index in [1.165, 1.54) is 11.1 Å². The molecule has 0 radical (unpaired) electrons. The molecule has 1 atom stereocenters. The monoisotopic (exact) mass is 336 g/mol. The van der Waals surface area contributed by atoms with Crippen LogP contribution in [-0.4, -0.2) is 40.4 Å². The van der Waals surface area contributed by atoms with Gasteiger partial charge in [0, 0.05) is 37.9 Å². The van der Waals surface area contributed by atoms with Crippen LogP contribution in [0.5, 0.6) is 0 Å². The number of nitrogens with zero attached hydrogens (tertiary/aromatic N) is 4. The number of amides is 1. The third kappa shape index (κ3) is 3.23. The van der Waals surface area contributed by atoms with Gasteiger partial charge in [-0.25, -0.2) is 9.97 Å². The standard InChI is InChI=1S/C20H24N4O/c1-2-18-11-19(22-14-21-18)23-9-8-17(13-23)20(25)24-10-7-15-5-3-4-6-16(15)12-24/h3-6,11,14,17H,2,7-10,12-13H2,1H3. The predicted octanol–water partition coefficient (Wildman–Crippen LogP) is 2.45. The molecule has 4 rings (SSSR count). The number of anilines is 1. The fourth-order valence-electron chi connectivity index (χ4n) is 3.86. The summed E-state index contributed by atoms with van der Waals surface area (Å²) in [7, 11) is 0. The maximum Gasteiger partial charge on any atom is 0.227 e. The number of rotatable bonds is 3. The number of carbonyl (C=O) groups excluding carboxylic acids is 1. The summed E-state index contributed by atoms with van der Waals surface area (Å²) in [4.78, 5) is 25.9. The second kappa shape index (κ2) is 6.82. The lowest BCUT2D eigenvalue weighted by atomic mass is 9.98. The van der Waals surface area contributed by atoms with Gasteiger partial charge in [-0.05, 0) is 30.4 Å². The van der Waals surface area contributed by atoms with Crippen LogP contribution in [0.3, 0.4) is 0 Å². The molecule has 1 unspecified atom stereocenters. The minimum absolute atomic E-state index is 0.0744. The van der Waals surface area contributed by atoms with Crippen LogP contribution < -0.4 is 4.90 Å². The summed E-state index contributed by atoms with van der Waals surface area (Å²) in [6.07, 6.45) is 4.40. The average Bonchev–Trinajstić information content (AvgIpc) is 3.17. The van der Waals surface area contributed by atoms with Crippen molar-refractivity contribution in [2.45, 2.75) is 32.7 Å². The molecule has 0 bridgehead atoms. The SMILES string of the molecule is CCc1cc(N2CCC(C(=O)N3CCc4ccccc4C3)C2)ncn1. The molecule has 25 heavy (non-hydrogen) atoms. The van der Waals surface area contributed by atoms with Gasteiger partial charge in [-0.15, -0.1) is 0 Å². The van der Waals surface area contributed by atoms with Crippen LogP contribution in [0.4, 0.5) is 5.82 Å². The molecule has 0 N–H and O–H groups in total. The Morgan fingerprint density at radius 3 is 2.88 bits per heavy atom. The van der Waals surface area contributed by atoms with Crippen LogP contribution in [0.1, 0.15) is 30.2 Å². The first-order chi connectivity index (χ1) is 12.2. The molecule has 1 fully saturated rings. The lowest BCUT2D eigenvalue weighted by Gasteiger charge is -2.31. The highest BCUT2D eigenvalue weighted by Gasteiger charge is 2.33. The maximum absolute atomic E-state index is 13.0. The Kier molecular flexibility index (Phi) is 4.38. The molecule has 1 aromatic heterocycles. The number of aryl methyl sites for hydroxylation is 1. The molecule has 2 aliphatic rings. The molecule has 3 heterocycles. The van der Waals surface area contributed by atoms with Crippen molar-refractivity contribution in [2.24, 2.45) is 5.92 Å². The molecule has 0 aliphatic carbocycles. The Morgan fingerprint density at radius 1 is 1.20 bits per heavy atom. The highest BCUT2D eigenvalue weighted by atomic mass is 16.2. The van der Waals surface area contributed by atoms with Gasteiger partial charge in [-0.3, -0.25) is 4.79 Å². The molecule has 1 amide bonds. The average molecular weight is 336 g/mol. The Hall–Kier alpha value is -2.43. The smallest absolute Gasteiger partial charge is 0.227 e. The molecule has 2 aliphatic heterocycles. The van der Waals surface area contributed by atoms with Crippen molar-refractivity contribution in [2.75, 3.05) is 24.5 Å². The maximum atomic E-state index is 13.0. The fraction of sp³-hybridized carbons (Fsp3) is 0.450. The normalized spacial score (nSPS) is 19.8. The first-order valence-electron chi connectivity index (χ1n) is 9.16. The molecular formula is C20H24N4O. The quantitative estimate of drug-likeness (QED) is 0.864. The van der Waals surface area contributed by atoms with Crippen molar-refractivity contribution in [3.8, 4) is 0 Å². The van der Waals surface area contributed by atoms with E-state index in [2.05, 4.69) is 46.1 Å². The summed E-state index contributed by atoms with van der Waals surface area (Å²) in [6.45, 7) is 5.33. The molecule has 1 aromatic carbocycles. The van der Waals surface area contributed by atoms with Crippen molar-refractivity contribution in [3.63, 3.8) is 0 Å². The Morgan fingerprint density at radius 2 is 2.04 bits per heavy atom. The number of benzene rings is 1. The number of hydrogen-bond donors (Lipinski definition) is 0. The summed E-state index contributed by atoms with van der Waals surface area (Å²) in [6, 6.07) is 10.5. The van der Waals surface area contributed by atoms with E-state index in [1.54, 1.807) is 6.33 Å². The highest BCUT2D eigenvalue weighted by molar-refractivity contribution is 5.80. The minimum atomic E-state index is 0.0744. The van der Waals surface area contributed by atoms with Gasteiger partial charge in [0.2, 0.25) is 5.91 Å².